The lowest BCUT2D eigenvalue weighted by atomic mass is 10.1. The van der Waals surface area contributed by atoms with E-state index in [2.05, 4.69) is 4.74 Å². The van der Waals surface area contributed by atoms with E-state index in [9.17, 15) is 31.8 Å². The normalized spacial score (nSPS) is 15.6. The van der Waals surface area contributed by atoms with Crippen molar-refractivity contribution < 1.29 is 36.6 Å². The van der Waals surface area contributed by atoms with Crippen LogP contribution < -0.4 is 9.04 Å². The Bertz CT molecular complexity index is 733. The van der Waals surface area contributed by atoms with Crippen LogP contribution in [-0.4, -0.2) is 32.0 Å². The summed E-state index contributed by atoms with van der Waals surface area (Å²) in [5.41, 5.74) is -0.754. The molecule has 1 aromatic carbocycles. The van der Waals surface area contributed by atoms with E-state index in [1.807, 2.05) is 0 Å². The molecule has 1 aromatic rings. The maximum absolute atomic E-state index is 12.3. The fourth-order valence-electron chi connectivity index (χ4n) is 1.89. The van der Waals surface area contributed by atoms with E-state index < -0.39 is 34.9 Å². The number of alkyl halides is 3. The molecule has 1 N–H and O–H groups in total. The minimum Gasteiger partial charge on any atom is -0.755 e. The first-order chi connectivity index (χ1) is 11.2. The zero-order chi connectivity index (χ0) is 17.9. The monoisotopic (exact) mass is 380 g/mol. The number of halogens is 3. The van der Waals surface area contributed by atoms with Crippen LogP contribution in [0.1, 0.15) is 10.4 Å². The van der Waals surface area contributed by atoms with E-state index in [1.165, 1.54) is 17.8 Å². The molecule has 1 unspecified atom stereocenters. The maximum atomic E-state index is 12.3. The molecule has 6 nitrogen and oxygen atoms in total. The Morgan fingerprint density at radius 3 is 2.62 bits per heavy atom. The lowest BCUT2D eigenvalue weighted by molar-refractivity contribution is -0.274. The molecule has 24 heavy (non-hydrogen) atoms. The molecular weight excluding hydrogens is 371 g/mol. The van der Waals surface area contributed by atoms with Crippen LogP contribution in [-0.2, 0) is 11.3 Å². The summed E-state index contributed by atoms with van der Waals surface area (Å²) in [7, 11) is 0. The van der Waals surface area contributed by atoms with Crippen molar-refractivity contribution in [1.82, 2.24) is 0 Å². The molecule has 2 rings (SSSR count). The molecule has 1 aliphatic rings. The molecule has 1 atom stereocenters. The fraction of sp³-hybridized carbons (Fsp3) is 0.154. The zero-order valence-electron chi connectivity index (χ0n) is 11.6. The topological polar surface area (TPSA) is 89.9 Å². The van der Waals surface area contributed by atoms with E-state index in [4.69, 9.17) is 0 Å². The lowest BCUT2D eigenvalue weighted by Crippen LogP contribution is -2.26. The zero-order valence-corrected chi connectivity index (χ0v) is 13.3. The quantitative estimate of drug-likeness (QED) is 0.790. The number of rotatable bonds is 5. The van der Waals surface area contributed by atoms with Crippen molar-refractivity contribution in [2.24, 2.45) is 0 Å². The molecule has 0 radical (unpaired) electrons. The van der Waals surface area contributed by atoms with Crippen molar-refractivity contribution in [3.63, 3.8) is 0 Å². The van der Waals surface area contributed by atoms with Gasteiger partial charge in [0, 0.05) is 5.75 Å². The number of aromatic carboxylic acids is 1. The number of hydrogen-bond acceptors (Lipinski definition) is 5. The molecule has 0 amide bonds. The smallest absolute Gasteiger partial charge is 0.573 e. The van der Waals surface area contributed by atoms with Gasteiger partial charge >= 0.3 is 12.3 Å². The first-order valence-electron chi connectivity index (χ1n) is 6.20. The minimum atomic E-state index is -5.00. The highest BCUT2D eigenvalue weighted by Crippen LogP contribution is 2.33. The summed E-state index contributed by atoms with van der Waals surface area (Å²) < 4.78 is 64.2. The van der Waals surface area contributed by atoms with E-state index in [1.54, 1.807) is 11.5 Å². The van der Waals surface area contributed by atoms with Gasteiger partial charge in [-0.15, -0.1) is 24.9 Å². The lowest BCUT2D eigenvalue weighted by Gasteiger charge is -2.29. The summed E-state index contributed by atoms with van der Waals surface area (Å²) in [6.07, 6.45) is -1.99. The largest absolute Gasteiger partial charge is 0.755 e. The third kappa shape index (κ3) is 4.52. The maximum Gasteiger partial charge on any atom is 0.573 e. The van der Waals surface area contributed by atoms with Crippen molar-refractivity contribution >= 4 is 34.7 Å². The van der Waals surface area contributed by atoms with Crippen molar-refractivity contribution in [2.45, 2.75) is 6.36 Å². The summed E-state index contributed by atoms with van der Waals surface area (Å²) in [6.45, 7) is 0. The Hall–Kier alpha value is -1.98. The summed E-state index contributed by atoms with van der Waals surface area (Å²) in [4.78, 5) is 11.3. The predicted molar refractivity (Wildman–Crippen MR) is 81.2 cm³/mol. The van der Waals surface area contributed by atoms with Crippen LogP contribution in [0.5, 0.6) is 5.75 Å². The highest BCUT2D eigenvalue weighted by Gasteiger charge is 2.32. The fourth-order valence-corrected chi connectivity index (χ4v) is 3.13. The van der Waals surface area contributed by atoms with Crippen molar-refractivity contribution in [3.8, 4) is 5.75 Å². The second-order valence-electron chi connectivity index (χ2n) is 4.31. The van der Waals surface area contributed by atoms with Gasteiger partial charge in [-0.25, -0.2) is 4.79 Å². The molecule has 0 spiro atoms. The first-order valence-corrected chi connectivity index (χ1v) is 8.28. The van der Waals surface area contributed by atoms with Crippen LogP contribution in [0.3, 0.4) is 0 Å². The molecule has 0 aromatic heterocycles. The SMILES string of the molecule is O=C(O)c1cc(OC(F)(F)F)ccc1N(C1=CCSC=C1)S(=O)[O-]. The predicted octanol–water partition coefficient (Wildman–Crippen LogP) is 3.03. The van der Waals surface area contributed by atoms with Gasteiger partial charge in [-0.2, -0.15) is 0 Å². The third-order valence-electron chi connectivity index (χ3n) is 2.76. The van der Waals surface area contributed by atoms with Gasteiger partial charge in [0.1, 0.15) is 5.75 Å². The number of thioether (sulfide) groups is 1. The van der Waals surface area contributed by atoms with Crippen molar-refractivity contribution in [2.75, 3.05) is 10.1 Å². The number of carboxylic acid groups (broad SMARTS) is 1. The van der Waals surface area contributed by atoms with Gasteiger partial charge in [0.25, 0.3) is 0 Å². The molecular formula is C13H9F3NO5S2-. The first kappa shape index (κ1) is 18.4. The van der Waals surface area contributed by atoms with Gasteiger partial charge < -0.3 is 14.4 Å². The van der Waals surface area contributed by atoms with Crippen LogP contribution in [0.25, 0.3) is 0 Å². The van der Waals surface area contributed by atoms with Gasteiger partial charge in [0.15, 0.2) is 0 Å². The summed E-state index contributed by atoms with van der Waals surface area (Å²) in [5.74, 6) is -1.89. The van der Waals surface area contributed by atoms with Crippen molar-refractivity contribution in [1.29, 1.82) is 0 Å². The number of anilines is 1. The molecule has 11 heteroatoms. The molecule has 0 aliphatic carbocycles. The average molecular weight is 380 g/mol. The number of carbonyl (C=O) groups is 1. The molecule has 0 saturated carbocycles. The van der Waals surface area contributed by atoms with Crippen LogP contribution in [0.4, 0.5) is 18.9 Å². The number of ether oxygens (including phenoxy) is 1. The Balaban J connectivity index is 2.50. The van der Waals surface area contributed by atoms with Crippen molar-refractivity contribution in [3.05, 3.63) is 47.0 Å². The van der Waals surface area contributed by atoms with E-state index in [-0.39, 0.29) is 11.4 Å². The van der Waals surface area contributed by atoms with Crippen LogP contribution in [0, 0.1) is 0 Å². The number of allylic oxidation sites excluding steroid dienone is 1. The summed E-state index contributed by atoms with van der Waals surface area (Å²) in [6, 6.07) is 2.40. The van der Waals surface area contributed by atoms with Crippen LogP contribution in [0.15, 0.2) is 41.5 Å². The highest BCUT2D eigenvalue weighted by atomic mass is 32.2. The second-order valence-corrected chi connectivity index (χ2v) is 6.05. The Morgan fingerprint density at radius 2 is 2.12 bits per heavy atom. The Kier molecular flexibility index (Phi) is 5.57. The Labute approximate surface area is 141 Å². The van der Waals surface area contributed by atoms with E-state index >= 15 is 0 Å². The van der Waals surface area contributed by atoms with Gasteiger partial charge in [0.05, 0.1) is 28.2 Å². The molecule has 0 saturated heterocycles. The van der Waals surface area contributed by atoms with Gasteiger partial charge in [-0.05, 0) is 35.8 Å². The van der Waals surface area contributed by atoms with Crippen LogP contribution in [0.2, 0.25) is 0 Å². The molecule has 1 heterocycles. The standard InChI is InChI=1S/C13H10F3NO5S2/c14-13(15,16)22-9-1-2-11(10(7-9)12(18)19)17(24(20)21)8-3-5-23-6-4-8/h1-5,7H,6H2,(H,18,19)(H,20,21)/p-1. The van der Waals surface area contributed by atoms with Crippen LogP contribution >= 0.6 is 11.8 Å². The minimum absolute atomic E-state index is 0.189. The molecule has 0 fully saturated rings. The average Bonchev–Trinajstić information content (AvgIpc) is 2.48. The number of hydrogen-bond donors (Lipinski definition) is 1. The van der Waals surface area contributed by atoms with Gasteiger partial charge in [-0.3, -0.25) is 8.51 Å². The Morgan fingerprint density at radius 1 is 1.42 bits per heavy atom. The number of carboxylic acids is 1. The highest BCUT2D eigenvalue weighted by molar-refractivity contribution is 8.02. The molecule has 0 bridgehead atoms. The second kappa shape index (κ2) is 7.28. The summed E-state index contributed by atoms with van der Waals surface area (Å²) in [5, 5.41) is 10.8. The van der Waals surface area contributed by atoms with Gasteiger partial charge in [-0.1, -0.05) is 0 Å². The number of nitrogens with zero attached hydrogens (tertiary/aromatic N) is 1. The molecule has 1 aliphatic heterocycles. The number of benzene rings is 1. The molecule has 130 valence electrons. The van der Waals surface area contributed by atoms with Gasteiger partial charge in [0.2, 0.25) is 0 Å². The van der Waals surface area contributed by atoms with E-state index in [0.29, 0.717) is 16.1 Å². The van der Waals surface area contributed by atoms with E-state index in [0.717, 1.165) is 12.1 Å². The summed E-state index contributed by atoms with van der Waals surface area (Å²) >= 11 is -1.48. The third-order valence-corrected chi connectivity index (χ3v) is 4.15.